The highest BCUT2D eigenvalue weighted by Gasteiger charge is 2.14. The number of nitrogens with one attached hydrogen (secondary N) is 1. The van der Waals surface area contributed by atoms with Gasteiger partial charge in [-0.25, -0.2) is 4.98 Å². The Morgan fingerprint density at radius 1 is 1.57 bits per heavy atom. The van der Waals surface area contributed by atoms with Crippen LogP contribution in [-0.4, -0.2) is 23.7 Å². The molecule has 14 heavy (non-hydrogen) atoms. The summed E-state index contributed by atoms with van der Waals surface area (Å²) in [5.41, 5.74) is 2.47. The molecule has 3 nitrogen and oxygen atoms in total. The molecule has 76 valence electrons. The Hall–Kier alpha value is -0.390. The zero-order chi connectivity index (χ0) is 9.97. The topological polar surface area (TPSA) is 37.9 Å². The zero-order valence-electron chi connectivity index (χ0n) is 8.00. The van der Waals surface area contributed by atoms with Crippen molar-refractivity contribution in [3.05, 3.63) is 21.7 Å². The van der Waals surface area contributed by atoms with Crippen molar-refractivity contribution in [1.82, 2.24) is 9.97 Å². The lowest BCUT2D eigenvalue weighted by Crippen LogP contribution is -2.04. The van der Waals surface area contributed by atoms with Gasteiger partial charge in [-0.1, -0.05) is 12.2 Å². The molecule has 0 saturated carbocycles. The van der Waals surface area contributed by atoms with Crippen LogP contribution in [0.1, 0.15) is 17.1 Å². The SMILES string of the molecule is COCCc1nc(=S)c2c([nH]1)CSC2. The maximum absolute atomic E-state index is 5.23. The van der Waals surface area contributed by atoms with Crippen LogP contribution in [0.5, 0.6) is 0 Å². The number of methoxy groups -OCH3 is 1. The number of rotatable bonds is 3. The van der Waals surface area contributed by atoms with Crippen molar-refractivity contribution < 1.29 is 4.74 Å². The maximum atomic E-state index is 5.23. The molecule has 5 heteroatoms. The third kappa shape index (κ3) is 1.99. The van der Waals surface area contributed by atoms with Crippen LogP contribution < -0.4 is 0 Å². The Morgan fingerprint density at radius 2 is 2.43 bits per heavy atom. The summed E-state index contributed by atoms with van der Waals surface area (Å²) >= 11 is 7.11. The number of hydrogen-bond acceptors (Lipinski definition) is 4. The van der Waals surface area contributed by atoms with E-state index in [1.54, 1.807) is 7.11 Å². The molecule has 0 spiro atoms. The molecule has 0 atom stereocenters. The molecule has 0 radical (unpaired) electrons. The molecule has 1 N–H and O–H groups in total. The summed E-state index contributed by atoms with van der Waals surface area (Å²) in [4.78, 5) is 7.67. The molecule has 0 aliphatic carbocycles. The third-order valence-electron chi connectivity index (χ3n) is 2.19. The second-order valence-corrected chi connectivity index (χ2v) is 4.55. The second-order valence-electron chi connectivity index (χ2n) is 3.18. The standard InChI is InChI=1S/C9H12N2OS2/c1-12-3-2-8-10-7-5-14-4-6(7)9(13)11-8/h2-5H2,1H3,(H,10,11,13). The van der Waals surface area contributed by atoms with Crippen LogP contribution in [-0.2, 0) is 22.7 Å². The first-order chi connectivity index (χ1) is 6.81. The fourth-order valence-electron chi connectivity index (χ4n) is 1.44. The molecule has 1 aromatic rings. The molecule has 0 unspecified atom stereocenters. The fraction of sp³-hybridized carbons (Fsp3) is 0.556. The first kappa shape index (κ1) is 10.1. The number of hydrogen-bond donors (Lipinski definition) is 1. The van der Waals surface area contributed by atoms with Gasteiger partial charge in [-0.2, -0.15) is 11.8 Å². The van der Waals surface area contributed by atoms with Gasteiger partial charge >= 0.3 is 0 Å². The molecule has 0 fully saturated rings. The summed E-state index contributed by atoms with van der Waals surface area (Å²) in [6, 6.07) is 0. The molecule has 2 rings (SSSR count). The van der Waals surface area contributed by atoms with E-state index in [9.17, 15) is 0 Å². The lowest BCUT2D eigenvalue weighted by Gasteiger charge is -2.04. The van der Waals surface area contributed by atoms with Crippen LogP contribution >= 0.6 is 24.0 Å². The molecular weight excluding hydrogens is 216 g/mol. The molecule has 1 aliphatic heterocycles. The van der Waals surface area contributed by atoms with Crippen LogP contribution in [0.3, 0.4) is 0 Å². The molecule has 0 saturated heterocycles. The number of thioether (sulfide) groups is 1. The highest BCUT2D eigenvalue weighted by atomic mass is 32.2. The van der Waals surface area contributed by atoms with E-state index in [1.807, 2.05) is 11.8 Å². The van der Waals surface area contributed by atoms with Gasteiger partial charge < -0.3 is 9.72 Å². The smallest absolute Gasteiger partial charge is 0.134 e. The van der Waals surface area contributed by atoms with Crippen molar-refractivity contribution >= 4 is 24.0 Å². The summed E-state index contributed by atoms with van der Waals surface area (Å²) in [5.74, 6) is 2.97. The summed E-state index contributed by atoms with van der Waals surface area (Å²) in [6.45, 7) is 0.685. The number of fused-ring (bicyclic) bond motifs is 1. The summed E-state index contributed by atoms with van der Waals surface area (Å²) in [5, 5.41) is 0. The summed E-state index contributed by atoms with van der Waals surface area (Å²) in [7, 11) is 1.69. The molecule has 0 aromatic carbocycles. The Balaban J connectivity index is 2.28. The van der Waals surface area contributed by atoms with Crippen molar-refractivity contribution in [2.75, 3.05) is 13.7 Å². The van der Waals surface area contributed by atoms with Gasteiger partial charge in [0.25, 0.3) is 0 Å². The van der Waals surface area contributed by atoms with Gasteiger partial charge in [-0.15, -0.1) is 0 Å². The van der Waals surface area contributed by atoms with Crippen LogP contribution in [0, 0.1) is 4.64 Å². The summed E-state index contributed by atoms with van der Waals surface area (Å²) < 4.78 is 5.76. The third-order valence-corrected chi connectivity index (χ3v) is 3.51. The van der Waals surface area contributed by atoms with E-state index < -0.39 is 0 Å². The van der Waals surface area contributed by atoms with E-state index in [0.717, 1.165) is 28.4 Å². The maximum Gasteiger partial charge on any atom is 0.134 e. The van der Waals surface area contributed by atoms with Crippen molar-refractivity contribution in [2.45, 2.75) is 17.9 Å². The van der Waals surface area contributed by atoms with Crippen molar-refractivity contribution in [2.24, 2.45) is 0 Å². The minimum absolute atomic E-state index is 0.685. The minimum atomic E-state index is 0.685. The van der Waals surface area contributed by atoms with E-state index >= 15 is 0 Å². The largest absolute Gasteiger partial charge is 0.384 e. The Kier molecular flexibility index (Phi) is 3.20. The number of nitrogens with zero attached hydrogens (tertiary/aromatic N) is 1. The molecule has 2 heterocycles. The van der Waals surface area contributed by atoms with Gasteiger partial charge in [0, 0.05) is 36.3 Å². The van der Waals surface area contributed by atoms with E-state index in [1.165, 1.54) is 11.3 Å². The van der Waals surface area contributed by atoms with Gasteiger partial charge in [0.2, 0.25) is 0 Å². The quantitative estimate of drug-likeness (QED) is 0.804. The van der Waals surface area contributed by atoms with Crippen LogP contribution in [0.15, 0.2) is 0 Å². The number of aromatic amines is 1. The molecule has 0 bridgehead atoms. The second kappa shape index (κ2) is 4.42. The monoisotopic (exact) mass is 228 g/mol. The van der Waals surface area contributed by atoms with Crippen molar-refractivity contribution in [3.63, 3.8) is 0 Å². The molecule has 0 amide bonds. The fourth-order valence-corrected chi connectivity index (χ4v) is 2.91. The number of ether oxygens (including phenoxy) is 1. The van der Waals surface area contributed by atoms with Crippen molar-refractivity contribution in [1.29, 1.82) is 0 Å². The predicted molar refractivity (Wildman–Crippen MR) is 60.0 cm³/mol. The van der Waals surface area contributed by atoms with Gasteiger partial charge in [-0.05, 0) is 0 Å². The lowest BCUT2D eigenvalue weighted by atomic mass is 10.2. The Labute approximate surface area is 92.3 Å². The van der Waals surface area contributed by atoms with Gasteiger partial charge in [-0.3, -0.25) is 0 Å². The highest BCUT2D eigenvalue weighted by molar-refractivity contribution is 7.98. The Morgan fingerprint density at radius 3 is 3.21 bits per heavy atom. The van der Waals surface area contributed by atoms with Crippen molar-refractivity contribution in [3.8, 4) is 0 Å². The molecule has 1 aromatic heterocycles. The number of H-pyrrole nitrogens is 1. The lowest BCUT2D eigenvalue weighted by molar-refractivity contribution is 0.200. The predicted octanol–water partition coefficient (Wildman–Crippen LogP) is 2.07. The van der Waals surface area contributed by atoms with Crippen LogP contribution in [0.2, 0.25) is 0 Å². The Bertz CT molecular complexity index is 389. The van der Waals surface area contributed by atoms with Gasteiger partial charge in [0.1, 0.15) is 10.5 Å². The first-order valence-electron chi connectivity index (χ1n) is 4.49. The minimum Gasteiger partial charge on any atom is -0.384 e. The normalized spacial score (nSPS) is 14.4. The van der Waals surface area contributed by atoms with E-state index in [0.29, 0.717) is 6.61 Å². The highest BCUT2D eigenvalue weighted by Crippen LogP contribution is 2.28. The van der Waals surface area contributed by atoms with Crippen LogP contribution in [0.4, 0.5) is 0 Å². The van der Waals surface area contributed by atoms with Gasteiger partial charge in [0.15, 0.2) is 0 Å². The van der Waals surface area contributed by atoms with Gasteiger partial charge in [0.05, 0.1) is 6.61 Å². The van der Waals surface area contributed by atoms with E-state index in [4.69, 9.17) is 17.0 Å². The zero-order valence-corrected chi connectivity index (χ0v) is 9.63. The number of aromatic nitrogens is 2. The first-order valence-corrected chi connectivity index (χ1v) is 6.05. The average molecular weight is 228 g/mol. The average Bonchev–Trinajstić information content (AvgIpc) is 2.63. The van der Waals surface area contributed by atoms with E-state index in [2.05, 4.69) is 9.97 Å². The summed E-state index contributed by atoms with van der Waals surface area (Å²) in [6.07, 6.45) is 0.804. The van der Waals surface area contributed by atoms with Crippen LogP contribution in [0.25, 0.3) is 0 Å². The van der Waals surface area contributed by atoms with E-state index in [-0.39, 0.29) is 0 Å². The molecular formula is C9H12N2OS2. The molecule has 1 aliphatic rings.